The van der Waals surface area contributed by atoms with E-state index < -0.39 is 5.69 Å². The van der Waals surface area contributed by atoms with Gasteiger partial charge in [0, 0.05) is 11.3 Å². The summed E-state index contributed by atoms with van der Waals surface area (Å²) >= 11 is 0. The Bertz CT molecular complexity index is 1230. The van der Waals surface area contributed by atoms with E-state index in [9.17, 15) is 9.90 Å². The Morgan fingerprint density at radius 3 is 2.73 bits per heavy atom. The van der Waals surface area contributed by atoms with Gasteiger partial charge in [0.15, 0.2) is 5.65 Å². The lowest BCUT2D eigenvalue weighted by Crippen LogP contribution is -2.31. The van der Waals surface area contributed by atoms with Crippen molar-refractivity contribution in [1.29, 1.82) is 0 Å². The van der Waals surface area contributed by atoms with Gasteiger partial charge in [0.05, 0.1) is 12.2 Å². The maximum atomic E-state index is 11.4. The second kappa shape index (κ2) is 7.58. The number of nitrogens with zero attached hydrogens (tertiary/aromatic N) is 5. The van der Waals surface area contributed by atoms with Crippen molar-refractivity contribution in [3.8, 4) is 5.88 Å². The molecule has 10 heteroatoms. The van der Waals surface area contributed by atoms with Gasteiger partial charge in [-0.15, -0.1) is 0 Å². The van der Waals surface area contributed by atoms with Crippen molar-refractivity contribution >= 4 is 17.7 Å². The molecule has 0 aliphatic heterocycles. The quantitative estimate of drug-likeness (QED) is 0.492. The predicted octanol–water partition coefficient (Wildman–Crippen LogP) is 0.838. The van der Waals surface area contributed by atoms with Gasteiger partial charge < -0.3 is 15.4 Å². The maximum absolute atomic E-state index is 11.4. The molecule has 158 valence electrons. The second-order valence-corrected chi connectivity index (χ2v) is 8.36. The summed E-state index contributed by atoms with van der Waals surface area (Å²) < 4.78 is 1.61. The van der Waals surface area contributed by atoms with Gasteiger partial charge in [-0.2, -0.15) is 19.6 Å². The van der Waals surface area contributed by atoms with Crippen molar-refractivity contribution < 1.29 is 5.11 Å². The van der Waals surface area contributed by atoms with E-state index in [0.29, 0.717) is 28.4 Å². The van der Waals surface area contributed by atoms with Crippen molar-refractivity contribution in [3.63, 3.8) is 0 Å². The molecule has 0 amide bonds. The van der Waals surface area contributed by atoms with Crippen LogP contribution in [0.1, 0.15) is 57.6 Å². The number of imidazole rings is 1. The number of hydrogen-bond donors (Lipinski definition) is 4. The van der Waals surface area contributed by atoms with E-state index in [1.165, 1.54) is 32.1 Å². The summed E-state index contributed by atoms with van der Waals surface area (Å²) in [5.74, 6) is 0.919. The van der Waals surface area contributed by atoms with E-state index in [2.05, 4.69) is 32.3 Å². The average Bonchev–Trinajstić information content (AvgIpc) is 3.37. The van der Waals surface area contributed by atoms with Gasteiger partial charge in [-0.05, 0) is 44.6 Å². The van der Waals surface area contributed by atoms with Gasteiger partial charge in [0.1, 0.15) is 5.69 Å². The highest BCUT2D eigenvalue weighted by Gasteiger charge is 2.23. The highest BCUT2D eigenvalue weighted by Crippen LogP contribution is 2.27. The van der Waals surface area contributed by atoms with Crippen molar-refractivity contribution in [1.82, 2.24) is 29.5 Å². The van der Waals surface area contributed by atoms with Crippen LogP contribution in [0, 0.1) is 5.92 Å². The van der Waals surface area contributed by atoms with Crippen LogP contribution in [0.4, 0.5) is 5.95 Å². The lowest BCUT2D eigenvalue weighted by atomic mass is 9.85. The van der Waals surface area contributed by atoms with E-state index in [1.54, 1.807) is 16.8 Å². The minimum absolute atomic E-state index is 0.222. The number of aromatic hydroxyl groups is 1. The zero-order valence-corrected chi connectivity index (χ0v) is 16.9. The molecule has 30 heavy (non-hydrogen) atoms. The summed E-state index contributed by atoms with van der Waals surface area (Å²) in [6.07, 6.45) is 11.7. The molecule has 2 aliphatic carbocycles. The summed E-state index contributed by atoms with van der Waals surface area (Å²) in [4.78, 5) is 30.4. The van der Waals surface area contributed by atoms with Crippen LogP contribution in [0.3, 0.4) is 0 Å². The summed E-state index contributed by atoms with van der Waals surface area (Å²) in [6, 6.07) is 0.551. The number of fused-ring (bicyclic) bond motifs is 1. The molecule has 2 saturated carbocycles. The molecule has 3 aromatic rings. The molecule has 1 atom stereocenters. The Hall–Kier alpha value is -3.17. The molecule has 3 aromatic heterocycles. The highest BCUT2D eigenvalue weighted by molar-refractivity contribution is 5.57. The van der Waals surface area contributed by atoms with Gasteiger partial charge in [-0.25, -0.2) is 9.79 Å². The molecular weight excluding hydrogens is 384 g/mol. The third-order valence-corrected chi connectivity index (χ3v) is 5.97. The standard InChI is InChI=1S/C20H26N8O2/c1-11(12-5-3-2-4-6-12)22-18-25-16-13(9-15-17(29)26-20(30)24-15)10-21-28(16)19(27-18)23-14-7-8-14/h9-12,14,29H,2-8H2,1H3,(H,22,23,27)(H2,24,26,30)/b13-9+/t11-/m1/s1. The Morgan fingerprint density at radius 2 is 2.03 bits per heavy atom. The smallest absolute Gasteiger partial charge is 0.326 e. The van der Waals surface area contributed by atoms with E-state index in [4.69, 9.17) is 9.98 Å². The molecule has 0 spiro atoms. The molecule has 2 fully saturated rings. The van der Waals surface area contributed by atoms with E-state index in [0.717, 1.165) is 12.8 Å². The Balaban J connectivity index is 1.57. The number of nitrogens with one attached hydrogen (secondary N) is 3. The molecule has 0 radical (unpaired) electrons. The topological polar surface area (TPSA) is 136 Å². The van der Waals surface area contributed by atoms with Gasteiger partial charge in [0.25, 0.3) is 5.62 Å². The first-order valence-corrected chi connectivity index (χ1v) is 10.7. The average molecular weight is 410 g/mol. The SMILES string of the molecule is C[C@@H](Nc1nc(=NC2CC2)n2nc/c(=C\c3[nH]c(=O)[nH]c3O)c2n1)C1CCCCC1. The van der Waals surface area contributed by atoms with E-state index in [-0.39, 0.29) is 23.7 Å². The molecule has 2 aliphatic rings. The molecule has 0 saturated heterocycles. The predicted molar refractivity (Wildman–Crippen MR) is 111 cm³/mol. The Morgan fingerprint density at radius 1 is 1.23 bits per heavy atom. The first kappa shape index (κ1) is 18.8. The summed E-state index contributed by atoms with van der Waals surface area (Å²) in [5.41, 5.74) is 0.897. The van der Waals surface area contributed by atoms with Crippen LogP contribution in [0.2, 0.25) is 0 Å². The lowest BCUT2D eigenvalue weighted by Gasteiger charge is -2.28. The third kappa shape index (κ3) is 3.81. The number of H-pyrrole nitrogens is 2. The number of rotatable bonds is 5. The maximum Gasteiger partial charge on any atom is 0.326 e. The largest absolute Gasteiger partial charge is 0.493 e. The summed E-state index contributed by atoms with van der Waals surface area (Å²) in [6.45, 7) is 2.19. The lowest BCUT2D eigenvalue weighted by molar-refractivity contribution is 0.327. The minimum Gasteiger partial charge on any atom is -0.493 e. The fourth-order valence-corrected chi connectivity index (χ4v) is 4.10. The zero-order valence-electron chi connectivity index (χ0n) is 16.9. The number of aromatic nitrogens is 6. The van der Waals surface area contributed by atoms with Crippen molar-refractivity contribution in [3.05, 3.63) is 33.2 Å². The molecule has 5 rings (SSSR count). The van der Waals surface area contributed by atoms with Gasteiger partial charge in [-0.3, -0.25) is 4.98 Å². The molecule has 4 N–H and O–H groups in total. The van der Waals surface area contributed by atoms with Crippen LogP contribution < -0.4 is 21.8 Å². The second-order valence-electron chi connectivity index (χ2n) is 8.36. The fourth-order valence-electron chi connectivity index (χ4n) is 4.10. The van der Waals surface area contributed by atoms with Crippen molar-refractivity contribution in [2.75, 3.05) is 5.32 Å². The van der Waals surface area contributed by atoms with Crippen LogP contribution in [-0.2, 0) is 0 Å². The first-order chi connectivity index (χ1) is 14.6. The monoisotopic (exact) mass is 410 g/mol. The molecular formula is C20H26N8O2. The van der Waals surface area contributed by atoms with Crippen molar-refractivity contribution in [2.24, 2.45) is 10.9 Å². The number of hydrogen-bond acceptors (Lipinski definition) is 7. The van der Waals surface area contributed by atoms with E-state index in [1.807, 2.05) is 0 Å². The van der Waals surface area contributed by atoms with Gasteiger partial charge in [0.2, 0.25) is 11.8 Å². The molecule has 0 unspecified atom stereocenters. The first-order valence-electron chi connectivity index (χ1n) is 10.7. The summed E-state index contributed by atoms with van der Waals surface area (Å²) in [7, 11) is 0. The highest BCUT2D eigenvalue weighted by atomic mass is 16.3. The zero-order chi connectivity index (χ0) is 20.7. The van der Waals surface area contributed by atoms with Gasteiger partial charge in [-0.1, -0.05) is 19.3 Å². The minimum atomic E-state index is -0.474. The molecule has 3 heterocycles. The van der Waals surface area contributed by atoms with E-state index >= 15 is 0 Å². The Labute approximate surface area is 172 Å². The normalized spacial score (nSPS) is 20.2. The van der Waals surface area contributed by atoms with Crippen molar-refractivity contribution in [2.45, 2.75) is 64.0 Å². The molecule has 0 bridgehead atoms. The van der Waals surface area contributed by atoms with Crippen LogP contribution in [0.5, 0.6) is 5.88 Å². The fraction of sp³-hybridized carbons (Fsp3) is 0.550. The number of aromatic amines is 2. The molecule has 10 nitrogen and oxygen atoms in total. The van der Waals surface area contributed by atoms with Crippen LogP contribution in [-0.4, -0.2) is 46.7 Å². The van der Waals surface area contributed by atoms with Crippen LogP contribution in [0.25, 0.3) is 11.7 Å². The summed E-state index contributed by atoms with van der Waals surface area (Å²) in [5, 5.41) is 18.4. The van der Waals surface area contributed by atoms with Gasteiger partial charge >= 0.3 is 5.69 Å². The third-order valence-electron chi connectivity index (χ3n) is 5.97. The van der Waals surface area contributed by atoms with Crippen LogP contribution in [0.15, 0.2) is 16.0 Å². The molecule has 0 aromatic carbocycles. The number of anilines is 1. The van der Waals surface area contributed by atoms with Crippen LogP contribution >= 0.6 is 0 Å². The Kier molecular flexibility index (Phi) is 4.76.